The first kappa shape index (κ1) is 51.7. The van der Waals surface area contributed by atoms with E-state index in [-0.39, 0.29) is 123 Å². The summed E-state index contributed by atoms with van der Waals surface area (Å²) in [4.78, 5) is -2.44. The molecule has 25 heteroatoms. The van der Waals surface area contributed by atoms with Crippen molar-refractivity contribution in [2.45, 2.75) is 28.5 Å². The zero-order valence-electron chi connectivity index (χ0n) is 32.8. The fourth-order valence-corrected chi connectivity index (χ4v) is 7.41. The van der Waals surface area contributed by atoms with E-state index in [1.807, 2.05) is 13.0 Å². The van der Waals surface area contributed by atoms with E-state index < -0.39 is 73.2 Å². The van der Waals surface area contributed by atoms with Crippen molar-refractivity contribution in [2.75, 3.05) is 5.73 Å². The molecular weight excluding hydrogens is 888 g/mol. The molecule has 3 radical (unpaired) electrons. The van der Waals surface area contributed by atoms with Crippen LogP contribution < -0.4 is 5.73 Å². The first-order valence-electron chi connectivity index (χ1n) is 16.3. The molecule has 19 nitrogen and oxygen atoms in total. The van der Waals surface area contributed by atoms with Gasteiger partial charge in [-0.2, -0.15) is 40.6 Å². The van der Waals surface area contributed by atoms with Crippen LogP contribution in [-0.4, -0.2) is 143 Å². The zero-order chi connectivity index (χ0) is 42.3. The van der Waals surface area contributed by atoms with Crippen LogP contribution in [0.5, 0.6) is 17.2 Å². The Kier molecular flexibility index (Phi) is 17.1. The molecule has 0 saturated carbocycles. The number of hydrogen-bond donors (Lipinski definition) is 7. The Morgan fingerprint density at radius 1 is 0.508 bits per heavy atom. The molecule has 61 heavy (non-hydrogen) atoms. The van der Waals surface area contributed by atoms with Gasteiger partial charge in [-0.3, -0.25) is 13.7 Å². The topological polar surface area (TPSA) is 324 Å². The zero-order valence-corrected chi connectivity index (χ0v) is 41.2. The maximum absolute atomic E-state index is 12.5. The molecule has 0 aliphatic heterocycles. The van der Waals surface area contributed by atoms with Crippen LogP contribution in [0, 0.1) is 13.8 Å². The molecular formula is C36H29N7Na3O12S3. The minimum atomic E-state index is -5.19. The van der Waals surface area contributed by atoms with Crippen molar-refractivity contribution in [1.82, 2.24) is 0 Å². The van der Waals surface area contributed by atoms with E-state index in [1.54, 1.807) is 37.3 Å². The second kappa shape index (κ2) is 20.2. The summed E-state index contributed by atoms with van der Waals surface area (Å²) in [5.74, 6) is -1.36. The van der Waals surface area contributed by atoms with Crippen LogP contribution in [-0.2, 0) is 30.4 Å². The molecule has 0 heterocycles. The molecule has 0 atom stereocenters. The van der Waals surface area contributed by atoms with Crippen LogP contribution in [0.4, 0.5) is 39.8 Å². The third-order valence-corrected chi connectivity index (χ3v) is 11.1. The van der Waals surface area contributed by atoms with Crippen LogP contribution >= 0.6 is 0 Å². The number of phenols is 3. The molecule has 0 unspecified atom stereocenters. The summed E-state index contributed by atoms with van der Waals surface area (Å²) in [5.41, 5.74) is 7.91. The fourth-order valence-electron chi connectivity index (χ4n) is 5.60. The van der Waals surface area contributed by atoms with Gasteiger partial charge in [-0.25, -0.2) is 0 Å². The van der Waals surface area contributed by atoms with Gasteiger partial charge in [-0.1, -0.05) is 12.1 Å². The van der Waals surface area contributed by atoms with E-state index >= 15 is 0 Å². The SMILES string of the molecule is Cc1cc(-c2ccc(N=Nc3c(S(=O)(=O)O)cc4cc(S(=O)(=O)O)c(N=Nc5ccc(S(=O)(=O)O)cc5)c(O)c4c3N)c(C)c2)ccc1N=Nc1ccc(O)cc1O.[Na].[Na].[Na]. The van der Waals surface area contributed by atoms with Gasteiger partial charge in [0.15, 0.2) is 5.75 Å². The molecule has 0 bridgehead atoms. The predicted molar refractivity (Wildman–Crippen MR) is 227 cm³/mol. The number of nitrogens with two attached hydrogens (primary N) is 1. The fraction of sp³-hybridized carbons (Fsp3) is 0.0556. The van der Waals surface area contributed by atoms with Gasteiger partial charge < -0.3 is 21.1 Å². The van der Waals surface area contributed by atoms with E-state index in [1.165, 1.54) is 12.1 Å². The van der Waals surface area contributed by atoms with Crippen molar-refractivity contribution >= 4 is 170 Å². The van der Waals surface area contributed by atoms with Crippen molar-refractivity contribution in [1.29, 1.82) is 0 Å². The molecule has 0 aromatic heterocycles. The Bertz CT molecular complexity index is 3120. The van der Waals surface area contributed by atoms with Crippen LogP contribution in [0.15, 0.2) is 136 Å². The number of anilines is 1. The van der Waals surface area contributed by atoms with Crippen LogP contribution in [0.25, 0.3) is 21.9 Å². The van der Waals surface area contributed by atoms with Gasteiger partial charge in [0.2, 0.25) is 0 Å². The molecule has 301 valence electrons. The third-order valence-electron chi connectivity index (χ3n) is 8.48. The van der Waals surface area contributed by atoms with E-state index in [0.29, 0.717) is 11.3 Å². The maximum atomic E-state index is 12.5. The summed E-state index contributed by atoms with van der Waals surface area (Å²) < 4.78 is 102. The summed E-state index contributed by atoms with van der Waals surface area (Å²) in [6.45, 7) is 3.51. The molecule has 0 spiro atoms. The Hall–Kier alpha value is -3.69. The smallest absolute Gasteiger partial charge is 0.296 e. The largest absolute Gasteiger partial charge is 0.508 e. The number of aryl methyl sites for hydroxylation is 2. The van der Waals surface area contributed by atoms with E-state index in [4.69, 9.17) is 5.73 Å². The molecule has 0 fully saturated rings. The number of azo groups is 3. The number of nitrogen functional groups attached to an aromatic ring is 1. The van der Waals surface area contributed by atoms with Gasteiger partial charge in [-0.05, 0) is 114 Å². The number of fused-ring (bicyclic) bond motifs is 1. The summed E-state index contributed by atoms with van der Waals surface area (Å²) in [6, 6.07) is 19.9. The minimum Gasteiger partial charge on any atom is -0.508 e. The monoisotopic (exact) mass is 916 g/mol. The Balaban J connectivity index is 0.00000331. The van der Waals surface area contributed by atoms with Crippen molar-refractivity contribution in [2.24, 2.45) is 30.7 Å². The first-order valence-corrected chi connectivity index (χ1v) is 20.6. The maximum Gasteiger partial charge on any atom is 0.296 e. The molecule has 6 rings (SSSR count). The second-order valence-corrected chi connectivity index (χ2v) is 16.7. The van der Waals surface area contributed by atoms with Gasteiger partial charge >= 0.3 is 0 Å². The first-order chi connectivity index (χ1) is 27.1. The van der Waals surface area contributed by atoms with E-state index in [9.17, 15) is 54.2 Å². The van der Waals surface area contributed by atoms with Gasteiger partial charge in [-0.15, -0.1) is 15.3 Å². The summed E-state index contributed by atoms with van der Waals surface area (Å²) >= 11 is 0. The number of benzene rings is 6. The van der Waals surface area contributed by atoms with E-state index in [0.717, 1.165) is 59.2 Å². The van der Waals surface area contributed by atoms with Gasteiger partial charge in [0.05, 0.1) is 33.0 Å². The average molecular weight is 917 g/mol. The van der Waals surface area contributed by atoms with Crippen LogP contribution in [0.2, 0.25) is 0 Å². The number of nitrogens with zero attached hydrogens (tertiary/aromatic N) is 6. The van der Waals surface area contributed by atoms with Crippen molar-refractivity contribution in [3.63, 3.8) is 0 Å². The molecule has 0 amide bonds. The van der Waals surface area contributed by atoms with Crippen molar-refractivity contribution < 1.29 is 54.2 Å². The number of phenolic OH excluding ortho intramolecular Hbond substituents is 3. The number of hydrogen-bond acceptors (Lipinski definition) is 16. The Labute approximate surface area is 414 Å². The quantitative estimate of drug-likeness (QED) is 0.0301. The molecule has 8 N–H and O–H groups in total. The van der Waals surface area contributed by atoms with Crippen molar-refractivity contribution in [3.05, 3.63) is 102 Å². The molecule has 0 aliphatic rings. The third kappa shape index (κ3) is 11.9. The molecule has 0 saturated heterocycles. The summed E-state index contributed by atoms with van der Waals surface area (Å²) in [7, 11) is -14.9. The predicted octanol–water partition coefficient (Wildman–Crippen LogP) is 7.67. The van der Waals surface area contributed by atoms with Crippen molar-refractivity contribution in [3.8, 4) is 28.4 Å². The second-order valence-electron chi connectivity index (χ2n) is 12.5. The molecule has 6 aromatic rings. The Morgan fingerprint density at radius 3 is 1.44 bits per heavy atom. The van der Waals surface area contributed by atoms with Crippen LogP contribution in [0.1, 0.15) is 11.1 Å². The van der Waals surface area contributed by atoms with Gasteiger partial charge in [0.25, 0.3) is 30.4 Å². The Morgan fingerprint density at radius 2 is 0.967 bits per heavy atom. The normalized spacial score (nSPS) is 12.1. The average Bonchev–Trinajstić information content (AvgIpc) is 3.13. The number of rotatable bonds is 10. The minimum absolute atomic E-state index is 0. The van der Waals surface area contributed by atoms with Crippen LogP contribution in [0.3, 0.4) is 0 Å². The summed E-state index contributed by atoms with van der Waals surface area (Å²) in [6.07, 6.45) is 0. The van der Waals surface area contributed by atoms with Gasteiger partial charge in [0, 0.05) is 94.7 Å². The molecule has 0 aliphatic carbocycles. The standard InChI is InChI=1S/C36H29N7O12S3.3Na/c1-18-13-20(3-10-26(18)39-41-28-12-7-24(44)17-29(28)45)21-4-11-27(19(2)14-21)40-42-34-30(57(50,51)52)15-22-16-31(58(53,54)55)35(36(46)32(22)33(34)37)43-38-23-5-8-25(9-6-23)56(47,48)49;;;/h3-17,44-46H,37H2,1-2H3,(H,47,48,49)(H,50,51,52)(H,53,54,55);;;. The number of aromatic hydroxyl groups is 3. The summed E-state index contributed by atoms with van der Waals surface area (Å²) in [5, 5.41) is 53.9. The van der Waals surface area contributed by atoms with E-state index in [2.05, 4.69) is 30.7 Å². The molecule has 6 aromatic carbocycles. The van der Waals surface area contributed by atoms with Gasteiger partial charge in [0.1, 0.15) is 38.4 Å².